The van der Waals surface area contributed by atoms with E-state index in [0.29, 0.717) is 11.6 Å². The minimum absolute atomic E-state index is 0.407. The Bertz CT molecular complexity index is 575. The number of ether oxygens (including phenoxy) is 1. The summed E-state index contributed by atoms with van der Waals surface area (Å²) in [6.07, 6.45) is -0.594. The van der Waals surface area contributed by atoms with Gasteiger partial charge in [-0.05, 0) is 51.8 Å². The first-order valence-corrected chi connectivity index (χ1v) is 7.28. The molecule has 5 heteroatoms. The van der Waals surface area contributed by atoms with Gasteiger partial charge in [0.15, 0.2) is 0 Å². The molecule has 1 unspecified atom stereocenters. The summed E-state index contributed by atoms with van der Waals surface area (Å²) in [5.74, 6) is 0.772. The molecule has 0 amide bonds. The lowest BCUT2D eigenvalue weighted by atomic mass is 10.1. The lowest BCUT2D eigenvalue weighted by molar-refractivity contribution is 0.191. The van der Waals surface area contributed by atoms with Gasteiger partial charge in [0.1, 0.15) is 5.75 Å². The van der Waals surface area contributed by atoms with Crippen molar-refractivity contribution >= 4 is 33.2 Å². The second kappa shape index (κ2) is 6.97. The standard InChI is InChI=1S/C15H15BrClNO2/c1-20-12-5-2-10(3-6-12)15(19)9-18-11-4-7-13(16)14(17)8-11/h2-8,15,18-19H,9H2,1H3. The van der Waals surface area contributed by atoms with E-state index >= 15 is 0 Å². The molecule has 0 radical (unpaired) electrons. The van der Waals surface area contributed by atoms with Crippen LogP contribution in [0.1, 0.15) is 11.7 Å². The van der Waals surface area contributed by atoms with Gasteiger partial charge >= 0.3 is 0 Å². The Hall–Kier alpha value is -1.23. The molecule has 0 spiro atoms. The molecule has 0 saturated carbocycles. The van der Waals surface area contributed by atoms with Crippen molar-refractivity contribution in [3.05, 3.63) is 57.5 Å². The van der Waals surface area contributed by atoms with Crippen molar-refractivity contribution in [2.24, 2.45) is 0 Å². The number of rotatable bonds is 5. The Morgan fingerprint density at radius 2 is 1.95 bits per heavy atom. The molecule has 0 aromatic heterocycles. The molecule has 0 bridgehead atoms. The maximum absolute atomic E-state index is 10.1. The molecule has 2 aromatic rings. The fraction of sp³-hybridized carbons (Fsp3) is 0.200. The lowest BCUT2D eigenvalue weighted by Gasteiger charge is -2.14. The molecule has 3 nitrogen and oxygen atoms in total. The molecule has 0 fully saturated rings. The van der Waals surface area contributed by atoms with E-state index < -0.39 is 6.10 Å². The molecule has 106 valence electrons. The highest BCUT2D eigenvalue weighted by atomic mass is 79.9. The molecule has 0 saturated heterocycles. The number of anilines is 1. The average molecular weight is 357 g/mol. The summed E-state index contributed by atoms with van der Waals surface area (Å²) in [6, 6.07) is 12.9. The van der Waals surface area contributed by atoms with E-state index in [1.807, 2.05) is 42.5 Å². The van der Waals surface area contributed by atoms with Crippen molar-refractivity contribution in [1.82, 2.24) is 0 Å². The van der Waals surface area contributed by atoms with E-state index in [9.17, 15) is 5.11 Å². The monoisotopic (exact) mass is 355 g/mol. The van der Waals surface area contributed by atoms with Gasteiger partial charge in [-0.15, -0.1) is 0 Å². The van der Waals surface area contributed by atoms with Gasteiger partial charge in [-0.1, -0.05) is 23.7 Å². The number of aliphatic hydroxyl groups excluding tert-OH is 1. The highest BCUT2D eigenvalue weighted by Crippen LogP contribution is 2.26. The van der Waals surface area contributed by atoms with Crippen molar-refractivity contribution in [3.8, 4) is 5.75 Å². The molecular formula is C15H15BrClNO2. The van der Waals surface area contributed by atoms with E-state index in [-0.39, 0.29) is 0 Å². The highest BCUT2D eigenvalue weighted by Gasteiger charge is 2.08. The van der Waals surface area contributed by atoms with Crippen molar-refractivity contribution in [2.45, 2.75) is 6.10 Å². The Balaban J connectivity index is 1.96. The average Bonchev–Trinajstić information content (AvgIpc) is 2.48. The molecule has 1 atom stereocenters. The Labute approximate surface area is 131 Å². The van der Waals surface area contributed by atoms with Crippen molar-refractivity contribution in [2.75, 3.05) is 19.0 Å². The van der Waals surface area contributed by atoms with E-state index in [1.54, 1.807) is 7.11 Å². The topological polar surface area (TPSA) is 41.5 Å². The fourth-order valence-corrected chi connectivity index (χ4v) is 2.19. The third-order valence-corrected chi connectivity index (χ3v) is 4.15. The number of benzene rings is 2. The van der Waals surface area contributed by atoms with Gasteiger partial charge in [0.2, 0.25) is 0 Å². The maximum Gasteiger partial charge on any atom is 0.118 e. The number of hydrogen-bond donors (Lipinski definition) is 2. The zero-order valence-corrected chi connectivity index (χ0v) is 13.3. The Morgan fingerprint density at radius 1 is 1.25 bits per heavy atom. The molecular weight excluding hydrogens is 342 g/mol. The van der Waals surface area contributed by atoms with Crippen LogP contribution in [0, 0.1) is 0 Å². The number of hydrogen-bond acceptors (Lipinski definition) is 3. The minimum Gasteiger partial charge on any atom is -0.497 e. The van der Waals surface area contributed by atoms with E-state index in [1.165, 1.54) is 0 Å². The van der Waals surface area contributed by atoms with Crippen LogP contribution in [-0.2, 0) is 0 Å². The van der Waals surface area contributed by atoms with Gasteiger partial charge < -0.3 is 15.2 Å². The van der Waals surface area contributed by atoms with Gasteiger partial charge in [-0.2, -0.15) is 0 Å². The highest BCUT2D eigenvalue weighted by molar-refractivity contribution is 9.10. The molecule has 2 N–H and O–H groups in total. The van der Waals surface area contributed by atoms with E-state index in [0.717, 1.165) is 21.5 Å². The van der Waals surface area contributed by atoms with Crippen LogP contribution in [0.5, 0.6) is 5.75 Å². The first-order chi connectivity index (χ1) is 9.60. The summed E-state index contributed by atoms with van der Waals surface area (Å²) in [4.78, 5) is 0. The van der Waals surface area contributed by atoms with Crippen LogP contribution in [-0.4, -0.2) is 18.8 Å². The molecule has 0 aliphatic rings. The smallest absolute Gasteiger partial charge is 0.118 e. The number of nitrogens with one attached hydrogen (secondary N) is 1. The molecule has 2 aromatic carbocycles. The molecule has 0 aliphatic carbocycles. The predicted molar refractivity (Wildman–Crippen MR) is 85.6 cm³/mol. The van der Waals surface area contributed by atoms with Crippen LogP contribution in [0.15, 0.2) is 46.9 Å². The number of methoxy groups -OCH3 is 1. The molecule has 2 rings (SSSR count). The largest absolute Gasteiger partial charge is 0.497 e. The van der Waals surface area contributed by atoms with E-state index in [4.69, 9.17) is 16.3 Å². The van der Waals surface area contributed by atoms with Gasteiger partial charge in [0, 0.05) is 16.7 Å². The third-order valence-electron chi connectivity index (χ3n) is 2.92. The van der Waals surface area contributed by atoms with Crippen LogP contribution in [0.2, 0.25) is 5.02 Å². The van der Waals surface area contributed by atoms with Crippen molar-refractivity contribution < 1.29 is 9.84 Å². The summed E-state index contributed by atoms with van der Waals surface area (Å²) in [5.41, 5.74) is 1.70. The second-order valence-electron chi connectivity index (χ2n) is 4.30. The first-order valence-electron chi connectivity index (χ1n) is 6.11. The van der Waals surface area contributed by atoms with E-state index in [2.05, 4.69) is 21.2 Å². The predicted octanol–water partition coefficient (Wildman–Crippen LogP) is 4.26. The maximum atomic E-state index is 10.1. The SMILES string of the molecule is COc1ccc(C(O)CNc2ccc(Br)c(Cl)c2)cc1. The van der Waals surface area contributed by atoms with Crippen LogP contribution < -0.4 is 10.1 Å². The number of halogens is 2. The van der Waals surface area contributed by atoms with Crippen LogP contribution in [0.3, 0.4) is 0 Å². The van der Waals surface area contributed by atoms with Gasteiger partial charge in [0.25, 0.3) is 0 Å². The zero-order valence-electron chi connectivity index (χ0n) is 10.9. The first kappa shape index (κ1) is 15.2. The summed E-state index contributed by atoms with van der Waals surface area (Å²) >= 11 is 9.35. The van der Waals surface area contributed by atoms with Crippen molar-refractivity contribution in [3.63, 3.8) is 0 Å². The molecule has 0 heterocycles. The van der Waals surface area contributed by atoms with Crippen LogP contribution in [0.25, 0.3) is 0 Å². The van der Waals surface area contributed by atoms with Crippen LogP contribution in [0.4, 0.5) is 5.69 Å². The summed E-state index contributed by atoms with van der Waals surface area (Å²) in [7, 11) is 1.62. The summed E-state index contributed by atoms with van der Waals surface area (Å²) in [6.45, 7) is 0.407. The summed E-state index contributed by atoms with van der Waals surface area (Å²) < 4.78 is 5.93. The van der Waals surface area contributed by atoms with Gasteiger partial charge in [-0.3, -0.25) is 0 Å². The zero-order chi connectivity index (χ0) is 14.5. The minimum atomic E-state index is -0.594. The Kier molecular flexibility index (Phi) is 5.29. The third kappa shape index (κ3) is 3.88. The molecule has 20 heavy (non-hydrogen) atoms. The quantitative estimate of drug-likeness (QED) is 0.841. The molecule has 0 aliphatic heterocycles. The lowest BCUT2D eigenvalue weighted by Crippen LogP contribution is -2.12. The second-order valence-corrected chi connectivity index (χ2v) is 5.56. The number of aliphatic hydroxyl groups is 1. The van der Waals surface area contributed by atoms with Gasteiger partial charge in [-0.25, -0.2) is 0 Å². The summed E-state index contributed by atoms with van der Waals surface area (Å²) in [5, 5.41) is 13.9. The van der Waals surface area contributed by atoms with Crippen LogP contribution >= 0.6 is 27.5 Å². The van der Waals surface area contributed by atoms with Crippen molar-refractivity contribution in [1.29, 1.82) is 0 Å². The fourth-order valence-electron chi connectivity index (χ4n) is 1.76. The normalized spacial score (nSPS) is 12.0. The Morgan fingerprint density at radius 3 is 2.55 bits per heavy atom. The van der Waals surface area contributed by atoms with Gasteiger partial charge in [0.05, 0.1) is 18.2 Å².